The standard InChI is InChI=1S/C15H18O/c1-11-9-15(2,3)10-13(16)14(11)12-7-5-4-6-8-12/h4-8H,9-10H2,1-3H3. The van der Waals surface area contributed by atoms with Crippen LogP contribution in [0.1, 0.15) is 39.2 Å². The molecule has 0 N–H and O–H groups in total. The van der Waals surface area contributed by atoms with Crippen LogP contribution in [0.15, 0.2) is 35.9 Å². The normalized spacial score (nSPS) is 20.1. The van der Waals surface area contributed by atoms with E-state index < -0.39 is 0 Å². The van der Waals surface area contributed by atoms with Crippen molar-refractivity contribution in [2.45, 2.75) is 33.6 Å². The molecule has 1 aromatic carbocycles. The fourth-order valence-corrected chi connectivity index (χ4v) is 2.64. The first-order valence-electron chi connectivity index (χ1n) is 5.78. The fourth-order valence-electron chi connectivity index (χ4n) is 2.64. The fraction of sp³-hybridized carbons (Fsp3) is 0.400. The minimum Gasteiger partial charge on any atom is -0.294 e. The van der Waals surface area contributed by atoms with Crippen LogP contribution in [0.4, 0.5) is 0 Å². The van der Waals surface area contributed by atoms with Crippen LogP contribution in [0, 0.1) is 5.41 Å². The van der Waals surface area contributed by atoms with Gasteiger partial charge < -0.3 is 0 Å². The zero-order valence-electron chi connectivity index (χ0n) is 10.2. The van der Waals surface area contributed by atoms with Gasteiger partial charge in [0.1, 0.15) is 0 Å². The van der Waals surface area contributed by atoms with E-state index in [0.717, 1.165) is 17.6 Å². The third kappa shape index (κ3) is 2.08. The van der Waals surface area contributed by atoms with Crippen LogP contribution in [0.3, 0.4) is 0 Å². The highest BCUT2D eigenvalue weighted by Crippen LogP contribution is 2.39. The van der Waals surface area contributed by atoms with Crippen molar-refractivity contribution in [1.82, 2.24) is 0 Å². The summed E-state index contributed by atoms with van der Waals surface area (Å²) in [7, 11) is 0. The number of carbonyl (C=O) groups excluding carboxylic acids is 1. The Balaban J connectivity index is 2.45. The summed E-state index contributed by atoms with van der Waals surface area (Å²) in [4.78, 5) is 12.2. The number of carbonyl (C=O) groups is 1. The topological polar surface area (TPSA) is 17.1 Å². The van der Waals surface area contributed by atoms with Crippen LogP contribution >= 0.6 is 0 Å². The molecule has 0 unspecified atom stereocenters. The van der Waals surface area contributed by atoms with Crippen LogP contribution in [0.25, 0.3) is 5.57 Å². The van der Waals surface area contributed by atoms with E-state index in [1.165, 1.54) is 5.57 Å². The molecule has 0 aromatic heterocycles. The van der Waals surface area contributed by atoms with E-state index in [9.17, 15) is 4.79 Å². The van der Waals surface area contributed by atoms with Gasteiger partial charge in [0.25, 0.3) is 0 Å². The summed E-state index contributed by atoms with van der Waals surface area (Å²) in [6.07, 6.45) is 1.68. The molecule has 0 radical (unpaired) electrons. The van der Waals surface area contributed by atoms with Gasteiger partial charge in [0.05, 0.1) is 0 Å². The second-order valence-electron chi connectivity index (χ2n) is 5.46. The molecule has 0 atom stereocenters. The largest absolute Gasteiger partial charge is 0.294 e. The molecule has 0 spiro atoms. The molecular weight excluding hydrogens is 196 g/mol. The lowest BCUT2D eigenvalue weighted by Crippen LogP contribution is -2.24. The van der Waals surface area contributed by atoms with Gasteiger partial charge in [0, 0.05) is 12.0 Å². The zero-order valence-corrected chi connectivity index (χ0v) is 10.2. The van der Waals surface area contributed by atoms with Crippen LogP contribution in [-0.2, 0) is 4.79 Å². The summed E-state index contributed by atoms with van der Waals surface area (Å²) in [5.74, 6) is 0.292. The van der Waals surface area contributed by atoms with Gasteiger partial charge in [-0.05, 0) is 24.3 Å². The molecule has 0 aliphatic heterocycles. The number of benzene rings is 1. The smallest absolute Gasteiger partial charge is 0.163 e. The van der Waals surface area contributed by atoms with E-state index in [1.807, 2.05) is 30.3 Å². The minimum absolute atomic E-state index is 0.124. The van der Waals surface area contributed by atoms with Crippen LogP contribution in [-0.4, -0.2) is 5.78 Å². The zero-order chi connectivity index (χ0) is 11.8. The van der Waals surface area contributed by atoms with Crippen molar-refractivity contribution in [2.75, 3.05) is 0 Å². The molecular formula is C15H18O. The van der Waals surface area contributed by atoms with E-state index >= 15 is 0 Å². The number of hydrogen-bond donors (Lipinski definition) is 0. The van der Waals surface area contributed by atoms with Crippen molar-refractivity contribution in [1.29, 1.82) is 0 Å². The first kappa shape index (κ1) is 11.1. The Kier molecular flexibility index (Phi) is 2.71. The third-order valence-electron chi connectivity index (χ3n) is 3.15. The summed E-state index contributed by atoms with van der Waals surface area (Å²) in [6.45, 7) is 6.41. The van der Waals surface area contributed by atoms with Gasteiger partial charge in [0.15, 0.2) is 5.78 Å². The molecule has 1 nitrogen and oxygen atoms in total. The highest BCUT2D eigenvalue weighted by Gasteiger charge is 2.31. The Hall–Kier alpha value is -1.37. The molecule has 2 rings (SSSR count). The monoisotopic (exact) mass is 214 g/mol. The molecule has 84 valence electrons. The average molecular weight is 214 g/mol. The predicted octanol–water partition coefficient (Wildman–Crippen LogP) is 3.85. The Bertz CT molecular complexity index is 438. The van der Waals surface area contributed by atoms with Crippen molar-refractivity contribution in [3.8, 4) is 0 Å². The van der Waals surface area contributed by atoms with Gasteiger partial charge in [0.2, 0.25) is 0 Å². The molecule has 16 heavy (non-hydrogen) atoms. The highest BCUT2D eigenvalue weighted by molar-refractivity contribution is 6.22. The highest BCUT2D eigenvalue weighted by atomic mass is 16.1. The van der Waals surface area contributed by atoms with Crippen molar-refractivity contribution in [3.05, 3.63) is 41.5 Å². The maximum atomic E-state index is 12.2. The number of hydrogen-bond acceptors (Lipinski definition) is 1. The summed E-state index contributed by atoms with van der Waals surface area (Å²) in [5, 5.41) is 0. The van der Waals surface area contributed by atoms with Crippen molar-refractivity contribution in [2.24, 2.45) is 5.41 Å². The van der Waals surface area contributed by atoms with E-state index in [4.69, 9.17) is 0 Å². The molecule has 1 aliphatic carbocycles. The number of allylic oxidation sites excluding steroid dienone is 2. The molecule has 0 bridgehead atoms. The maximum absolute atomic E-state index is 12.2. The second-order valence-corrected chi connectivity index (χ2v) is 5.46. The summed E-state index contributed by atoms with van der Waals surface area (Å²) in [6, 6.07) is 10.0. The van der Waals surface area contributed by atoms with Crippen LogP contribution < -0.4 is 0 Å². The molecule has 0 saturated carbocycles. The minimum atomic E-state index is 0.124. The Morgan fingerprint density at radius 2 is 1.69 bits per heavy atom. The van der Waals surface area contributed by atoms with Gasteiger partial charge in [-0.15, -0.1) is 0 Å². The molecule has 0 heterocycles. The number of Topliss-reactive ketones (excluding diaryl/α,β-unsaturated/α-hetero) is 1. The van der Waals surface area contributed by atoms with Gasteiger partial charge in [-0.25, -0.2) is 0 Å². The second kappa shape index (κ2) is 3.89. The average Bonchev–Trinajstić information content (AvgIpc) is 2.16. The van der Waals surface area contributed by atoms with E-state index in [-0.39, 0.29) is 5.41 Å². The van der Waals surface area contributed by atoms with E-state index in [1.54, 1.807) is 0 Å². The van der Waals surface area contributed by atoms with Gasteiger partial charge in [-0.2, -0.15) is 0 Å². The first-order valence-corrected chi connectivity index (χ1v) is 5.78. The molecule has 1 aliphatic rings. The molecule has 0 amide bonds. The van der Waals surface area contributed by atoms with E-state index in [2.05, 4.69) is 20.8 Å². The quantitative estimate of drug-likeness (QED) is 0.694. The molecule has 0 fully saturated rings. The van der Waals surface area contributed by atoms with E-state index in [0.29, 0.717) is 12.2 Å². The SMILES string of the molecule is CC1=C(c2ccccc2)C(=O)CC(C)(C)C1. The lowest BCUT2D eigenvalue weighted by atomic mass is 9.73. The predicted molar refractivity (Wildman–Crippen MR) is 67.1 cm³/mol. The van der Waals surface area contributed by atoms with Crippen LogP contribution in [0.5, 0.6) is 0 Å². The maximum Gasteiger partial charge on any atom is 0.163 e. The number of rotatable bonds is 1. The lowest BCUT2D eigenvalue weighted by molar-refractivity contribution is -0.116. The van der Waals surface area contributed by atoms with Crippen LogP contribution in [0.2, 0.25) is 0 Å². The third-order valence-corrected chi connectivity index (χ3v) is 3.15. The molecule has 1 heteroatoms. The van der Waals surface area contributed by atoms with Crippen molar-refractivity contribution < 1.29 is 4.79 Å². The van der Waals surface area contributed by atoms with Gasteiger partial charge in [-0.3, -0.25) is 4.79 Å². The van der Waals surface area contributed by atoms with Gasteiger partial charge in [-0.1, -0.05) is 49.8 Å². The summed E-state index contributed by atoms with van der Waals surface area (Å²) >= 11 is 0. The van der Waals surface area contributed by atoms with Gasteiger partial charge >= 0.3 is 0 Å². The molecule has 0 saturated heterocycles. The van der Waals surface area contributed by atoms with Crippen molar-refractivity contribution in [3.63, 3.8) is 0 Å². The first-order chi connectivity index (χ1) is 7.49. The Morgan fingerprint density at radius 3 is 2.25 bits per heavy atom. The number of ketones is 1. The summed E-state index contributed by atoms with van der Waals surface area (Å²) in [5.41, 5.74) is 3.37. The van der Waals surface area contributed by atoms with Crippen molar-refractivity contribution >= 4 is 11.4 Å². The Labute approximate surface area is 97.2 Å². The Morgan fingerprint density at radius 1 is 1.06 bits per heavy atom. The lowest BCUT2D eigenvalue weighted by Gasteiger charge is -2.31. The summed E-state index contributed by atoms with van der Waals surface area (Å²) < 4.78 is 0. The molecule has 1 aromatic rings.